The Balaban J connectivity index is 3.01. The lowest BCUT2D eigenvalue weighted by Crippen LogP contribution is -2.43. The maximum absolute atomic E-state index is 12.1. The first-order valence-electron chi connectivity index (χ1n) is 5.38. The first kappa shape index (κ1) is 16.2. The molecule has 0 fully saturated rings. The Labute approximate surface area is 117 Å². The average Bonchev–Trinajstić information content (AvgIpc) is 2.36. The first-order valence-corrected chi connectivity index (χ1v) is 7.24. The molecule has 0 saturated heterocycles. The van der Waals surface area contributed by atoms with Gasteiger partial charge in [0.2, 0.25) is 10.0 Å². The molecular formula is C11H16ClNO5S. The maximum atomic E-state index is 12.1. The second-order valence-corrected chi connectivity index (χ2v) is 6.45. The van der Waals surface area contributed by atoms with Gasteiger partial charge < -0.3 is 14.9 Å². The van der Waals surface area contributed by atoms with Crippen molar-refractivity contribution in [1.82, 2.24) is 4.72 Å². The number of hydrogen-bond acceptors (Lipinski definition) is 5. The smallest absolute Gasteiger partial charge is 0.244 e. The number of ether oxygens (including phenoxy) is 1. The topological polar surface area (TPSA) is 95.9 Å². The van der Waals surface area contributed by atoms with Crippen LogP contribution in [0.5, 0.6) is 5.75 Å². The summed E-state index contributed by atoms with van der Waals surface area (Å²) in [4.78, 5) is -0.0897. The second kappa shape index (κ2) is 6.06. The Bertz CT molecular complexity index is 544. The molecule has 0 aliphatic heterocycles. The number of benzene rings is 1. The summed E-state index contributed by atoms with van der Waals surface area (Å²) >= 11 is 5.75. The molecule has 19 heavy (non-hydrogen) atoms. The molecule has 1 atom stereocenters. The van der Waals surface area contributed by atoms with E-state index in [9.17, 15) is 13.5 Å². The zero-order valence-corrected chi connectivity index (χ0v) is 12.1. The molecule has 1 rings (SSSR count). The largest absolute Gasteiger partial charge is 0.495 e. The summed E-state index contributed by atoms with van der Waals surface area (Å²) in [5.41, 5.74) is -1.53. The van der Waals surface area contributed by atoms with Gasteiger partial charge in [-0.15, -0.1) is 0 Å². The van der Waals surface area contributed by atoms with Gasteiger partial charge in [-0.05, 0) is 19.1 Å². The van der Waals surface area contributed by atoms with Crippen LogP contribution in [0.25, 0.3) is 0 Å². The molecule has 1 aromatic rings. The number of sulfonamides is 1. The van der Waals surface area contributed by atoms with Gasteiger partial charge in [0.1, 0.15) is 10.6 Å². The Hall–Kier alpha value is -0.860. The van der Waals surface area contributed by atoms with Crippen LogP contribution in [0.1, 0.15) is 6.92 Å². The third-order valence-corrected chi connectivity index (χ3v) is 4.07. The van der Waals surface area contributed by atoms with Crippen LogP contribution in [-0.4, -0.2) is 44.5 Å². The number of rotatable bonds is 6. The van der Waals surface area contributed by atoms with Gasteiger partial charge in [0.15, 0.2) is 0 Å². The van der Waals surface area contributed by atoms with Gasteiger partial charge in [0.05, 0.1) is 19.3 Å². The third kappa shape index (κ3) is 4.32. The highest BCUT2D eigenvalue weighted by Crippen LogP contribution is 2.27. The van der Waals surface area contributed by atoms with Crippen LogP contribution in [0.2, 0.25) is 5.02 Å². The third-order valence-electron chi connectivity index (χ3n) is 2.40. The van der Waals surface area contributed by atoms with Gasteiger partial charge in [0.25, 0.3) is 0 Å². The Morgan fingerprint density at radius 2 is 2.11 bits per heavy atom. The molecular weight excluding hydrogens is 294 g/mol. The monoisotopic (exact) mass is 309 g/mol. The van der Waals surface area contributed by atoms with E-state index in [0.29, 0.717) is 5.02 Å². The molecule has 6 nitrogen and oxygen atoms in total. The standard InChI is InChI=1S/C11H16ClNO5S/c1-11(15,7-14)6-13-19(16,17)10-4-3-8(12)5-9(10)18-2/h3-5,13-15H,6-7H2,1-2H3. The Kier molecular flexibility index (Phi) is 5.17. The molecule has 3 N–H and O–H groups in total. The van der Waals surface area contributed by atoms with Gasteiger partial charge in [-0.3, -0.25) is 0 Å². The van der Waals surface area contributed by atoms with Gasteiger partial charge in [0, 0.05) is 17.6 Å². The van der Waals surface area contributed by atoms with E-state index in [1.807, 2.05) is 0 Å². The molecule has 0 bridgehead atoms. The van der Waals surface area contributed by atoms with Crippen molar-refractivity contribution >= 4 is 21.6 Å². The summed E-state index contributed by atoms with van der Waals surface area (Å²) in [6.45, 7) is 0.430. The minimum atomic E-state index is -3.87. The fourth-order valence-corrected chi connectivity index (χ4v) is 2.72. The summed E-state index contributed by atoms with van der Waals surface area (Å²) in [6, 6.07) is 4.10. The van der Waals surface area contributed by atoms with Gasteiger partial charge in [-0.25, -0.2) is 13.1 Å². The van der Waals surface area contributed by atoms with Crippen LogP contribution in [0.15, 0.2) is 23.1 Å². The minimum absolute atomic E-state index is 0.0897. The van der Waals surface area contributed by atoms with Crippen LogP contribution < -0.4 is 9.46 Å². The molecule has 0 aliphatic carbocycles. The fourth-order valence-electron chi connectivity index (χ4n) is 1.25. The van der Waals surface area contributed by atoms with Crippen LogP contribution in [0, 0.1) is 0 Å². The van der Waals surface area contributed by atoms with E-state index in [-0.39, 0.29) is 17.2 Å². The molecule has 0 radical (unpaired) electrons. The van der Waals surface area contributed by atoms with Crippen molar-refractivity contribution in [3.63, 3.8) is 0 Å². The van der Waals surface area contributed by atoms with Gasteiger partial charge >= 0.3 is 0 Å². The first-order chi connectivity index (χ1) is 8.72. The predicted molar refractivity (Wildman–Crippen MR) is 70.9 cm³/mol. The number of aliphatic hydroxyl groups is 2. The molecule has 108 valence electrons. The summed E-state index contributed by atoms with van der Waals surface area (Å²) in [5.74, 6) is 0.101. The van der Waals surface area contributed by atoms with Gasteiger partial charge in [-0.2, -0.15) is 0 Å². The van der Waals surface area contributed by atoms with Crippen molar-refractivity contribution in [2.24, 2.45) is 0 Å². The number of nitrogens with one attached hydrogen (secondary N) is 1. The number of methoxy groups -OCH3 is 1. The predicted octanol–water partition coefficient (Wildman–Crippen LogP) is 0.370. The quantitative estimate of drug-likeness (QED) is 0.705. The van der Waals surface area contributed by atoms with Gasteiger partial charge in [-0.1, -0.05) is 11.6 Å². The molecule has 0 aliphatic rings. The summed E-state index contributed by atoms with van der Waals surface area (Å²) in [5, 5.41) is 18.8. The van der Waals surface area contributed by atoms with Crippen molar-refractivity contribution < 1.29 is 23.4 Å². The summed E-state index contributed by atoms with van der Waals surface area (Å²) < 4.78 is 31.3. The normalized spacial score (nSPS) is 15.0. The fraction of sp³-hybridized carbons (Fsp3) is 0.455. The minimum Gasteiger partial charge on any atom is -0.495 e. The number of hydrogen-bond donors (Lipinski definition) is 3. The maximum Gasteiger partial charge on any atom is 0.244 e. The van der Waals surface area contributed by atoms with Crippen LogP contribution in [0.3, 0.4) is 0 Å². The lowest BCUT2D eigenvalue weighted by Gasteiger charge is -2.21. The van der Waals surface area contributed by atoms with E-state index >= 15 is 0 Å². The highest BCUT2D eigenvalue weighted by atomic mass is 35.5. The van der Waals surface area contributed by atoms with Crippen LogP contribution >= 0.6 is 11.6 Å². The van der Waals surface area contributed by atoms with E-state index in [1.54, 1.807) is 0 Å². The number of halogens is 1. The zero-order valence-electron chi connectivity index (χ0n) is 10.6. The van der Waals surface area contributed by atoms with Crippen LogP contribution in [-0.2, 0) is 10.0 Å². The molecule has 0 saturated carbocycles. The average molecular weight is 310 g/mol. The lowest BCUT2D eigenvalue weighted by atomic mass is 10.1. The van der Waals surface area contributed by atoms with E-state index in [1.165, 1.54) is 32.2 Å². The Morgan fingerprint density at radius 1 is 1.47 bits per heavy atom. The van der Waals surface area contributed by atoms with E-state index < -0.39 is 22.2 Å². The molecule has 0 aromatic heterocycles. The molecule has 0 spiro atoms. The Morgan fingerprint density at radius 3 is 2.63 bits per heavy atom. The lowest BCUT2D eigenvalue weighted by molar-refractivity contribution is 0.00680. The number of aliphatic hydroxyl groups excluding tert-OH is 1. The van der Waals surface area contributed by atoms with Crippen LogP contribution in [0.4, 0.5) is 0 Å². The molecule has 0 amide bonds. The molecule has 1 unspecified atom stereocenters. The van der Waals surface area contributed by atoms with Crippen molar-refractivity contribution in [3.8, 4) is 5.75 Å². The molecule has 1 aromatic carbocycles. The highest BCUT2D eigenvalue weighted by molar-refractivity contribution is 7.89. The summed E-state index contributed by atoms with van der Waals surface area (Å²) in [7, 11) is -2.54. The van der Waals surface area contributed by atoms with E-state index in [0.717, 1.165) is 0 Å². The molecule has 0 heterocycles. The highest BCUT2D eigenvalue weighted by Gasteiger charge is 2.25. The van der Waals surface area contributed by atoms with Crippen molar-refractivity contribution in [3.05, 3.63) is 23.2 Å². The molecule has 8 heteroatoms. The summed E-state index contributed by atoms with van der Waals surface area (Å²) in [6.07, 6.45) is 0. The van der Waals surface area contributed by atoms with Crippen molar-refractivity contribution in [1.29, 1.82) is 0 Å². The van der Waals surface area contributed by atoms with Crippen molar-refractivity contribution in [2.45, 2.75) is 17.4 Å². The van der Waals surface area contributed by atoms with E-state index in [2.05, 4.69) is 4.72 Å². The van der Waals surface area contributed by atoms with E-state index in [4.69, 9.17) is 21.4 Å². The van der Waals surface area contributed by atoms with Crippen molar-refractivity contribution in [2.75, 3.05) is 20.3 Å². The zero-order chi connectivity index (χ0) is 14.7. The SMILES string of the molecule is COc1cc(Cl)ccc1S(=O)(=O)NCC(C)(O)CO. The second-order valence-electron chi connectivity index (χ2n) is 4.27.